The van der Waals surface area contributed by atoms with Gasteiger partial charge in [-0.25, -0.2) is 0 Å². The Morgan fingerprint density at radius 3 is 2.77 bits per heavy atom. The lowest BCUT2D eigenvalue weighted by atomic mass is 9.62. The number of rotatable bonds is 2. The highest BCUT2D eigenvalue weighted by Gasteiger charge is 2.52. The highest BCUT2D eigenvalue weighted by molar-refractivity contribution is 5.88. The molecule has 22 heavy (non-hydrogen) atoms. The van der Waals surface area contributed by atoms with Crippen molar-refractivity contribution in [3.05, 3.63) is 29.5 Å². The van der Waals surface area contributed by atoms with Crippen molar-refractivity contribution in [2.75, 3.05) is 20.2 Å². The second kappa shape index (κ2) is 5.08. The molecule has 1 aliphatic heterocycles. The van der Waals surface area contributed by atoms with Crippen LogP contribution in [0.3, 0.4) is 0 Å². The molecule has 1 aliphatic carbocycles. The zero-order chi connectivity index (χ0) is 15.2. The minimum Gasteiger partial charge on any atom is -0.373 e. The lowest BCUT2D eigenvalue weighted by Gasteiger charge is -2.52. The van der Waals surface area contributed by atoms with E-state index in [4.69, 9.17) is 4.74 Å². The third kappa shape index (κ3) is 1.68. The standard InChI is InChI=1S/C17H20N4O/c1-22-17(11-4-2-5-12(17)10-19-9-11)13-6-3-7-14-16(13)15(8-18)21-20-14/h3,6-7,11-12,19H,2,4-5,9-10H2,1H3,(H,20,21). The van der Waals surface area contributed by atoms with E-state index in [1.807, 2.05) is 19.2 Å². The molecule has 4 rings (SSSR count). The van der Waals surface area contributed by atoms with Crippen molar-refractivity contribution >= 4 is 10.9 Å². The monoisotopic (exact) mass is 296 g/mol. The highest BCUT2D eigenvalue weighted by atomic mass is 16.5. The fourth-order valence-corrected chi connectivity index (χ4v) is 4.67. The van der Waals surface area contributed by atoms with Gasteiger partial charge in [0, 0.05) is 37.4 Å². The summed E-state index contributed by atoms with van der Waals surface area (Å²) in [6.07, 6.45) is 3.58. The fourth-order valence-electron chi connectivity index (χ4n) is 4.67. The Balaban J connectivity index is 1.99. The van der Waals surface area contributed by atoms with Crippen molar-refractivity contribution < 1.29 is 4.74 Å². The maximum atomic E-state index is 9.42. The summed E-state index contributed by atoms with van der Waals surface area (Å²) < 4.78 is 6.22. The van der Waals surface area contributed by atoms with Crippen LogP contribution in [0.15, 0.2) is 18.2 Å². The van der Waals surface area contributed by atoms with Crippen molar-refractivity contribution in [1.29, 1.82) is 5.26 Å². The van der Waals surface area contributed by atoms with Gasteiger partial charge in [0.25, 0.3) is 0 Å². The van der Waals surface area contributed by atoms with Gasteiger partial charge in [0.2, 0.25) is 0 Å². The number of methoxy groups -OCH3 is 1. The topological polar surface area (TPSA) is 73.7 Å². The largest absolute Gasteiger partial charge is 0.373 e. The third-order valence-corrected chi connectivity index (χ3v) is 5.55. The molecule has 2 bridgehead atoms. The smallest absolute Gasteiger partial charge is 0.170 e. The minimum atomic E-state index is -0.307. The van der Waals surface area contributed by atoms with Crippen molar-refractivity contribution in [3.63, 3.8) is 0 Å². The van der Waals surface area contributed by atoms with Gasteiger partial charge in [-0.2, -0.15) is 10.4 Å². The molecule has 1 aromatic heterocycles. The molecule has 2 unspecified atom stereocenters. The Hall–Kier alpha value is -1.90. The molecule has 2 aliphatic rings. The van der Waals surface area contributed by atoms with E-state index in [1.54, 1.807) is 0 Å². The number of ether oxygens (including phenoxy) is 1. The van der Waals surface area contributed by atoms with E-state index in [-0.39, 0.29) is 5.60 Å². The van der Waals surface area contributed by atoms with Gasteiger partial charge in [-0.3, -0.25) is 5.10 Å². The van der Waals surface area contributed by atoms with E-state index in [0.29, 0.717) is 17.5 Å². The van der Waals surface area contributed by atoms with Crippen LogP contribution in [0, 0.1) is 23.2 Å². The van der Waals surface area contributed by atoms with Crippen molar-refractivity contribution in [2.45, 2.75) is 24.9 Å². The second-order valence-corrected chi connectivity index (χ2v) is 6.39. The molecule has 2 aromatic rings. The zero-order valence-electron chi connectivity index (χ0n) is 12.7. The molecular weight excluding hydrogens is 276 g/mol. The molecule has 1 aromatic carbocycles. The highest BCUT2D eigenvalue weighted by Crippen LogP contribution is 2.51. The number of nitrogens with zero attached hydrogens (tertiary/aromatic N) is 2. The van der Waals surface area contributed by atoms with Gasteiger partial charge in [-0.15, -0.1) is 0 Å². The number of nitriles is 1. The number of nitrogens with one attached hydrogen (secondary N) is 2. The van der Waals surface area contributed by atoms with Gasteiger partial charge in [0.1, 0.15) is 11.7 Å². The maximum absolute atomic E-state index is 9.42. The predicted octanol–water partition coefficient (Wildman–Crippen LogP) is 2.30. The Kier molecular flexibility index (Phi) is 3.17. The molecule has 0 radical (unpaired) electrons. The van der Waals surface area contributed by atoms with Crippen LogP contribution in [0.5, 0.6) is 0 Å². The number of aromatic nitrogens is 2. The normalized spacial score (nSPS) is 31.1. The van der Waals surface area contributed by atoms with Gasteiger partial charge in [-0.1, -0.05) is 18.6 Å². The summed E-state index contributed by atoms with van der Waals surface area (Å²) >= 11 is 0. The molecule has 0 spiro atoms. The third-order valence-electron chi connectivity index (χ3n) is 5.55. The van der Waals surface area contributed by atoms with Crippen LogP contribution < -0.4 is 5.32 Å². The molecule has 2 atom stereocenters. The van der Waals surface area contributed by atoms with Crippen LogP contribution in [0.25, 0.3) is 10.9 Å². The lowest BCUT2D eigenvalue weighted by Crippen LogP contribution is -2.57. The molecule has 2 fully saturated rings. The van der Waals surface area contributed by atoms with Crippen LogP contribution in [-0.2, 0) is 10.3 Å². The lowest BCUT2D eigenvalue weighted by molar-refractivity contribution is -0.143. The van der Waals surface area contributed by atoms with Crippen LogP contribution in [0.4, 0.5) is 0 Å². The summed E-state index contributed by atoms with van der Waals surface area (Å²) in [5.74, 6) is 0.883. The Bertz CT molecular complexity index is 723. The Labute approximate surface area is 129 Å². The Morgan fingerprint density at radius 2 is 2.09 bits per heavy atom. The first-order chi connectivity index (χ1) is 10.8. The summed E-state index contributed by atoms with van der Waals surface area (Å²) in [4.78, 5) is 0. The molecule has 2 heterocycles. The molecule has 1 saturated heterocycles. The quantitative estimate of drug-likeness (QED) is 0.892. The van der Waals surface area contributed by atoms with E-state index in [9.17, 15) is 5.26 Å². The van der Waals surface area contributed by atoms with Gasteiger partial charge < -0.3 is 10.1 Å². The van der Waals surface area contributed by atoms with Crippen LogP contribution in [0.1, 0.15) is 30.5 Å². The molecule has 5 heteroatoms. The summed E-state index contributed by atoms with van der Waals surface area (Å²) in [6.45, 7) is 1.95. The number of benzene rings is 1. The first-order valence-electron chi connectivity index (χ1n) is 7.94. The molecule has 5 nitrogen and oxygen atoms in total. The van der Waals surface area contributed by atoms with E-state index in [0.717, 1.165) is 42.4 Å². The number of aromatic amines is 1. The summed E-state index contributed by atoms with van der Waals surface area (Å²) in [6, 6.07) is 8.36. The first-order valence-corrected chi connectivity index (χ1v) is 7.94. The van der Waals surface area contributed by atoms with Crippen molar-refractivity contribution in [2.24, 2.45) is 11.8 Å². The molecule has 0 amide bonds. The van der Waals surface area contributed by atoms with Gasteiger partial charge >= 0.3 is 0 Å². The first kappa shape index (κ1) is 13.7. The molecule has 2 N–H and O–H groups in total. The van der Waals surface area contributed by atoms with E-state index >= 15 is 0 Å². The van der Waals surface area contributed by atoms with Gasteiger partial charge in [0.15, 0.2) is 5.69 Å². The zero-order valence-corrected chi connectivity index (χ0v) is 12.7. The van der Waals surface area contributed by atoms with Crippen molar-refractivity contribution in [3.8, 4) is 6.07 Å². The summed E-state index contributed by atoms with van der Waals surface area (Å²) in [7, 11) is 1.82. The fraction of sp³-hybridized carbons (Fsp3) is 0.529. The van der Waals surface area contributed by atoms with E-state index in [1.165, 1.54) is 6.42 Å². The maximum Gasteiger partial charge on any atom is 0.170 e. The van der Waals surface area contributed by atoms with Gasteiger partial charge in [0.05, 0.1) is 5.52 Å². The summed E-state index contributed by atoms with van der Waals surface area (Å²) in [5, 5.41) is 21.1. The minimum absolute atomic E-state index is 0.307. The second-order valence-electron chi connectivity index (χ2n) is 6.39. The van der Waals surface area contributed by atoms with E-state index < -0.39 is 0 Å². The molecule has 1 saturated carbocycles. The molecular formula is C17H20N4O. The Morgan fingerprint density at radius 1 is 1.32 bits per heavy atom. The number of fused-ring (bicyclic) bond motifs is 3. The number of piperidine rings is 1. The summed E-state index contributed by atoms with van der Waals surface area (Å²) in [5.41, 5.74) is 2.22. The SMILES string of the molecule is COC1(c2cccc3[nH]nc(C#N)c23)C2CCCC1CNC2. The number of hydrogen-bond acceptors (Lipinski definition) is 4. The predicted molar refractivity (Wildman–Crippen MR) is 83.2 cm³/mol. The average molecular weight is 296 g/mol. The van der Waals surface area contributed by atoms with Gasteiger partial charge in [-0.05, 0) is 24.5 Å². The van der Waals surface area contributed by atoms with Crippen LogP contribution in [0.2, 0.25) is 0 Å². The van der Waals surface area contributed by atoms with Crippen LogP contribution >= 0.6 is 0 Å². The average Bonchev–Trinajstić information content (AvgIpc) is 2.97. The molecule has 114 valence electrons. The van der Waals surface area contributed by atoms with E-state index in [2.05, 4.69) is 27.6 Å². The van der Waals surface area contributed by atoms with Crippen molar-refractivity contribution in [1.82, 2.24) is 15.5 Å². The number of H-pyrrole nitrogens is 1. The van der Waals surface area contributed by atoms with Crippen LogP contribution in [-0.4, -0.2) is 30.4 Å². The number of hydrogen-bond donors (Lipinski definition) is 2.